The van der Waals surface area contributed by atoms with Crippen molar-refractivity contribution in [2.24, 2.45) is 0 Å². The molecule has 0 aromatic heterocycles. The summed E-state index contributed by atoms with van der Waals surface area (Å²) >= 11 is 13.4. The van der Waals surface area contributed by atoms with E-state index in [0.717, 1.165) is 13.8 Å². The van der Waals surface area contributed by atoms with E-state index in [4.69, 9.17) is 23.7 Å². The first kappa shape index (κ1) is 30.9. The zero-order chi connectivity index (χ0) is 28.2. The number of esters is 5. The molecule has 0 bridgehead atoms. The molecule has 0 N–H and O–H groups in total. The Morgan fingerprint density at radius 1 is 0.541 bits per heavy atom. The minimum atomic E-state index is -0.710. The number of hydrogen-bond donors (Lipinski definition) is 0. The first-order valence-corrected chi connectivity index (χ1v) is 13.3. The van der Waals surface area contributed by atoms with Crippen LogP contribution < -0.4 is 23.7 Å². The zero-order valence-corrected chi connectivity index (χ0v) is 26.2. The van der Waals surface area contributed by atoms with Crippen LogP contribution in [0.25, 0.3) is 0 Å². The van der Waals surface area contributed by atoms with Crippen LogP contribution in [-0.4, -0.2) is 29.8 Å². The van der Waals surface area contributed by atoms with Crippen LogP contribution >= 0.6 is 63.7 Å². The lowest BCUT2D eigenvalue weighted by atomic mass is 10.0. The Morgan fingerprint density at radius 3 is 1.32 bits per heavy atom. The van der Waals surface area contributed by atoms with Gasteiger partial charge in [0.25, 0.3) is 0 Å². The molecule has 0 heterocycles. The fourth-order valence-electron chi connectivity index (χ4n) is 2.99. The molecular formula is C23H18Br4O10. The van der Waals surface area contributed by atoms with Gasteiger partial charge in [0.05, 0.1) is 4.47 Å². The molecule has 2 aromatic carbocycles. The molecular weight excluding hydrogens is 756 g/mol. The first-order chi connectivity index (χ1) is 17.1. The van der Waals surface area contributed by atoms with Crippen LogP contribution in [0.4, 0.5) is 0 Å². The third-order valence-electron chi connectivity index (χ3n) is 4.15. The molecule has 0 fully saturated rings. The van der Waals surface area contributed by atoms with Gasteiger partial charge in [-0.3, -0.25) is 24.0 Å². The van der Waals surface area contributed by atoms with E-state index in [1.807, 2.05) is 0 Å². The zero-order valence-electron chi connectivity index (χ0n) is 19.9. The van der Waals surface area contributed by atoms with Gasteiger partial charge in [-0.1, -0.05) is 0 Å². The van der Waals surface area contributed by atoms with Crippen molar-refractivity contribution < 1.29 is 47.7 Å². The molecule has 0 aliphatic carbocycles. The molecule has 0 atom stereocenters. The molecule has 198 valence electrons. The van der Waals surface area contributed by atoms with Gasteiger partial charge < -0.3 is 23.7 Å². The molecule has 0 amide bonds. The number of benzene rings is 2. The smallest absolute Gasteiger partial charge is 0.308 e. The van der Waals surface area contributed by atoms with E-state index >= 15 is 0 Å². The lowest BCUT2D eigenvalue weighted by Crippen LogP contribution is -2.13. The number of ether oxygens (including phenoxy) is 5. The number of rotatable bonds is 7. The number of carbonyl (C=O) groups excluding carboxylic acids is 5. The van der Waals surface area contributed by atoms with Gasteiger partial charge in [0, 0.05) is 51.1 Å². The van der Waals surface area contributed by atoms with Crippen LogP contribution in [0.15, 0.2) is 24.0 Å². The number of carbonyl (C=O) groups is 5. The Labute approximate surface area is 244 Å². The molecule has 0 spiro atoms. The minimum Gasteiger partial charge on any atom is -0.425 e. The summed E-state index contributed by atoms with van der Waals surface area (Å²) in [5, 5.41) is 0. The van der Waals surface area contributed by atoms with Crippen LogP contribution in [0.5, 0.6) is 28.7 Å². The van der Waals surface area contributed by atoms with Gasteiger partial charge in [-0.25, -0.2) is 0 Å². The van der Waals surface area contributed by atoms with E-state index < -0.39 is 29.8 Å². The topological polar surface area (TPSA) is 132 Å². The second-order valence-electron chi connectivity index (χ2n) is 7.23. The summed E-state index contributed by atoms with van der Waals surface area (Å²) in [5.41, 5.74) is 0.613. The highest BCUT2D eigenvalue weighted by Gasteiger charge is 2.30. The second-order valence-corrected chi connectivity index (χ2v) is 10.4. The molecule has 2 rings (SSSR count). The van der Waals surface area contributed by atoms with Crippen molar-refractivity contribution in [3.8, 4) is 28.7 Å². The monoisotopic (exact) mass is 770 g/mol. The molecule has 0 saturated heterocycles. The molecule has 0 saturated carbocycles. The summed E-state index contributed by atoms with van der Waals surface area (Å²) in [5.74, 6) is -3.84. The van der Waals surface area contributed by atoms with E-state index in [0.29, 0.717) is 10.0 Å². The fraction of sp³-hybridized carbons (Fsp3) is 0.261. The summed E-state index contributed by atoms with van der Waals surface area (Å²) in [6, 6.07) is 1.42. The molecule has 0 aliphatic heterocycles. The van der Waals surface area contributed by atoms with Crippen LogP contribution in [0.3, 0.4) is 0 Å². The predicted octanol–water partition coefficient (Wildman–Crippen LogP) is 5.95. The molecule has 0 aliphatic rings. The second kappa shape index (κ2) is 13.0. The van der Waals surface area contributed by atoms with Crippen molar-refractivity contribution in [3.05, 3.63) is 35.1 Å². The van der Waals surface area contributed by atoms with Gasteiger partial charge in [-0.2, -0.15) is 0 Å². The van der Waals surface area contributed by atoms with Gasteiger partial charge in [-0.15, -0.1) is 0 Å². The van der Waals surface area contributed by atoms with Gasteiger partial charge in [0.2, 0.25) is 0 Å². The molecule has 37 heavy (non-hydrogen) atoms. The summed E-state index contributed by atoms with van der Waals surface area (Å²) in [4.78, 5) is 59.0. The average Bonchev–Trinajstić information content (AvgIpc) is 2.76. The van der Waals surface area contributed by atoms with Crippen molar-refractivity contribution >= 4 is 93.6 Å². The van der Waals surface area contributed by atoms with E-state index in [1.54, 1.807) is 0 Å². The lowest BCUT2D eigenvalue weighted by Gasteiger charge is -2.21. The van der Waals surface area contributed by atoms with E-state index in [2.05, 4.69) is 63.7 Å². The van der Waals surface area contributed by atoms with Gasteiger partial charge >= 0.3 is 29.8 Å². The highest BCUT2D eigenvalue weighted by atomic mass is 79.9. The SMILES string of the molecule is CC(=O)Oc1cc(Cc2c(OC(C)=O)c(Br)c(OC(C)=O)c(Br)c2OC(C)=O)c(Br)c(Br)c1OC(C)=O. The maximum atomic E-state index is 12.0. The van der Waals surface area contributed by atoms with E-state index in [1.165, 1.54) is 26.8 Å². The average molecular weight is 774 g/mol. The molecule has 0 unspecified atom stereocenters. The minimum absolute atomic E-state index is 0.0497. The Hall–Kier alpha value is -2.29. The third kappa shape index (κ3) is 7.85. The van der Waals surface area contributed by atoms with Crippen molar-refractivity contribution in [2.75, 3.05) is 0 Å². The lowest BCUT2D eigenvalue weighted by molar-refractivity contribution is -0.134. The van der Waals surface area contributed by atoms with Crippen molar-refractivity contribution in [1.29, 1.82) is 0 Å². The van der Waals surface area contributed by atoms with Crippen LogP contribution in [-0.2, 0) is 30.4 Å². The maximum Gasteiger partial charge on any atom is 0.308 e. The highest BCUT2D eigenvalue weighted by Crippen LogP contribution is 2.52. The Kier molecular flexibility index (Phi) is 10.9. The Balaban J connectivity index is 2.91. The Morgan fingerprint density at radius 2 is 0.919 bits per heavy atom. The van der Waals surface area contributed by atoms with Crippen molar-refractivity contribution in [1.82, 2.24) is 0 Å². The molecule has 10 nitrogen and oxygen atoms in total. The summed E-state index contributed by atoms with van der Waals surface area (Å²) < 4.78 is 27.3. The first-order valence-electron chi connectivity index (χ1n) is 10.1. The summed E-state index contributed by atoms with van der Waals surface area (Å²) in [6.45, 7) is 5.84. The summed E-state index contributed by atoms with van der Waals surface area (Å²) in [6.07, 6.45) is -0.0867. The van der Waals surface area contributed by atoms with Crippen molar-refractivity contribution in [2.45, 2.75) is 41.0 Å². The summed E-state index contributed by atoms with van der Waals surface area (Å²) in [7, 11) is 0. The number of halogens is 4. The normalized spacial score (nSPS) is 10.4. The fourth-order valence-corrected chi connectivity index (χ4v) is 5.42. The van der Waals surface area contributed by atoms with E-state index in [-0.39, 0.29) is 54.1 Å². The van der Waals surface area contributed by atoms with Crippen LogP contribution in [0.2, 0.25) is 0 Å². The predicted molar refractivity (Wildman–Crippen MR) is 143 cm³/mol. The highest BCUT2D eigenvalue weighted by molar-refractivity contribution is 9.13. The number of hydrogen-bond acceptors (Lipinski definition) is 10. The Bertz CT molecular complexity index is 1280. The molecule has 14 heteroatoms. The quantitative estimate of drug-likeness (QED) is 0.246. The van der Waals surface area contributed by atoms with Gasteiger partial charge in [0.1, 0.15) is 8.95 Å². The van der Waals surface area contributed by atoms with Crippen molar-refractivity contribution in [3.63, 3.8) is 0 Å². The standard InChI is InChI=1S/C23H18Br4O10/c1-8(28)33-15-7-13(16(24)17(25)22(15)36-11(4)31)6-14-20(34-9(2)29)18(26)23(37-12(5)32)19(27)21(14)35-10(3)30/h7H,6H2,1-5H3. The maximum absolute atomic E-state index is 12.0. The molecule has 2 aromatic rings. The van der Waals surface area contributed by atoms with Gasteiger partial charge in [-0.05, 0) is 75.3 Å². The largest absolute Gasteiger partial charge is 0.425 e. The van der Waals surface area contributed by atoms with Crippen LogP contribution in [0, 0.1) is 0 Å². The van der Waals surface area contributed by atoms with Gasteiger partial charge in [0.15, 0.2) is 28.7 Å². The van der Waals surface area contributed by atoms with Crippen LogP contribution in [0.1, 0.15) is 45.7 Å². The third-order valence-corrected chi connectivity index (χ3v) is 7.79. The molecule has 0 radical (unpaired) electrons. The van der Waals surface area contributed by atoms with E-state index in [9.17, 15) is 24.0 Å².